The molecule has 4 aromatic carbocycles. The summed E-state index contributed by atoms with van der Waals surface area (Å²) >= 11 is 0. The van der Waals surface area contributed by atoms with E-state index in [2.05, 4.69) is 15.8 Å². The molecule has 1 aromatic heterocycles. The predicted octanol–water partition coefficient (Wildman–Crippen LogP) is 5.27. The molecular formula is C29H23FN4O2. The molecule has 0 bridgehead atoms. The van der Waals surface area contributed by atoms with Gasteiger partial charge in [-0.2, -0.15) is 5.10 Å². The molecule has 1 heterocycles. The normalized spacial score (nSPS) is 11.2. The molecule has 36 heavy (non-hydrogen) atoms. The second-order valence-corrected chi connectivity index (χ2v) is 8.39. The minimum Gasteiger partial charge on any atom is -0.337 e. The number of carbonyl (C=O) groups is 2. The van der Waals surface area contributed by atoms with Crippen LogP contribution in [0.2, 0.25) is 0 Å². The number of aromatic nitrogens is 1. The van der Waals surface area contributed by atoms with Crippen LogP contribution in [0.15, 0.2) is 102 Å². The molecule has 6 nitrogen and oxygen atoms in total. The number of para-hydroxylation sites is 1. The molecule has 0 saturated carbocycles. The molecule has 5 rings (SSSR count). The van der Waals surface area contributed by atoms with Gasteiger partial charge in [-0.25, -0.2) is 9.82 Å². The van der Waals surface area contributed by atoms with Crippen LogP contribution in [0.25, 0.3) is 21.7 Å². The van der Waals surface area contributed by atoms with Crippen LogP contribution in [0, 0.1) is 5.82 Å². The molecular weight excluding hydrogens is 455 g/mol. The number of nitrogens with zero attached hydrogens (tertiary/aromatic N) is 2. The maximum Gasteiger partial charge on any atom is 0.244 e. The monoisotopic (exact) mass is 478 g/mol. The summed E-state index contributed by atoms with van der Waals surface area (Å²) in [7, 11) is 0. The molecule has 2 amide bonds. The number of hydrogen-bond acceptors (Lipinski definition) is 3. The Hall–Kier alpha value is -4.78. The number of carbonyl (C=O) groups excluding carboxylic acids is 2. The van der Waals surface area contributed by atoms with E-state index in [1.807, 2.05) is 77.5 Å². The molecule has 2 N–H and O–H groups in total. The molecule has 0 atom stereocenters. The molecule has 0 aliphatic heterocycles. The standard InChI is InChI=1S/C29H23FN4O2/c30-23-12-14-24(15-13-23)32-29(36)19-34-18-22(26-10-3-4-11-27(26)34)17-31-33-28(35)16-21-8-5-7-20-6-1-2-9-25(20)21/h1-15,17-18H,16,19H2,(H,32,36)(H,33,35)/b31-17-. The lowest BCUT2D eigenvalue weighted by atomic mass is 10.0. The lowest BCUT2D eigenvalue weighted by Gasteiger charge is -2.07. The van der Waals surface area contributed by atoms with Gasteiger partial charge in [0.15, 0.2) is 0 Å². The van der Waals surface area contributed by atoms with Crippen LogP contribution in [-0.4, -0.2) is 22.6 Å². The zero-order valence-electron chi connectivity index (χ0n) is 19.3. The zero-order chi connectivity index (χ0) is 24.9. The van der Waals surface area contributed by atoms with E-state index >= 15 is 0 Å². The zero-order valence-corrected chi connectivity index (χ0v) is 19.3. The van der Waals surface area contributed by atoms with Crippen molar-refractivity contribution in [3.63, 3.8) is 0 Å². The maximum absolute atomic E-state index is 13.1. The fourth-order valence-corrected chi connectivity index (χ4v) is 4.23. The van der Waals surface area contributed by atoms with Gasteiger partial charge in [0, 0.05) is 28.4 Å². The summed E-state index contributed by atoms with van der Waals surface area (Å²) in [5.74, 6) is -0.822. The Morgan fingerprint density at radius 1 is 0.833 bits per heavy atom. The van der Waals surface area contributed by atoms with Crippen molar-refractivity contribution in [2.24, 2.45) is 5.10 Å². The summed E-state index contributed by atoms with van der Waals surface area (Å²) in [4.78, 5) is 25.1. The van der Waals surface area contributed by atoms with E-state index in [0.29, 0.717) is 5.69 Å². The van der Waals surface area contributed by atoms with Gasteiger partial charge in [-0.1, -0.05) is 60.7 Å². The van der Waals surface area contributed by atoms with Crippen LogP contribution >= 0.6 is 0 Å². The van der Waals surface area contributed by atoms with Crippen LogP contribution in [0.4, 0.5) is 10.1 Å². The van der Waals surface area contributed by atoms with E-state index in [4.69, 9.17) is 0 Å². The summed E-state index contributed by atoms with van der Waals surface area (Å²) in [5, 5.41) is 9.96. The van der Waals surface area contributed by atoms with Crippen LogP contribution < -0.4 is 10.7 Å². The van der Waals surface area contributed by atoms with Gasteiger partial charge in [-0.15, -0.1) is 0 Å². The molecule has 0 radical (unpaired) electrons. The summed E-state index contributed by atoms with van der Waals surface area (Å²) in [6.45, 7) is 0.0686. The van der Waals surface area contributed by atoms with Crippen molar-refractivity contribution < 1.29 is 14.0 Å². The first-order chi connectivity index (χ1) is 17.6. The number of rotatable bonds is 7. The van der Waals surface area contributed by atoms with E-state index in [1.165, 1.54) is 24.3 Å². The Labute approximate surface area is 207 Å². The number of anilines is 1. The number of benzene rings is 4. The minimum atomic E-state index is -0.363. The molecule has 7 heteroatoms. The molecule has 178 valence electrons. The minimum absolute atomic E-state index is 0.0686. The second-order valence-electron chi connectivity index (χ2n) is 8.39. The van der Waals surface area contributed by atoms with Crippen LogP contribution in [0.3, 0.4) is 0 Å². The van der Waals surface area contributed by atoms with Crippen molar-refractivity contribution in [2.45, 2.75) is 13.0 Å². The number of nitrogens with one attached hydrogen (secondary N) is 2. The Bertz CT molecular complexity index is 1580. The highest BCUT2D eigenvalue weighted by Crippen LogP contribution is 2.21. The molecule has 0 saturated heterocycles. The van der Waals surface area contributed by atoms with Gasteiger partial charge in [0.1, 0.15) is 12.4 Å². The predicted molar refractivity (Wildman–Crippen MR) is 140 cm³/mol. The molecule has 5 aromatic rings. The lowest BCUT2D eigenvalue weighted by molar-refractivity contribution is -0.120. The quantitative estimate of drug-likeness (QED) is 0.247. The SMILES string of the molecule is O=C(Cc1cccc2ccccc12)N/N=C\c1cn(CC(=O)Nc2ccc(F)cc2)c2ccccc12. The molecule has 0 spiro atoms. The van der Waals surface area contributed by atoms with Gasteiger partial charge in [-0.05, 0) is 46.7 Å². The van der Waals surface area contributed by atoms with Crippen molar-refractivity contribution in [1.82, 2.24) is 9.99 Å². The average molecular weight is 479 g/mol. The average Bonchev–Trinajstić information content (AvgIpc) is 3.23. The van der Waals surface area contributed by atoms with Crippen molar-refractivity contribution in [1.29, 1.82) is 0 Å². The van der Waals surface area contributed by atoms with Gasteiger partial charge in [0.05, 0.1) is 12.6 Å². The first-order valence-corrected chi connectivity index (χ1v) is 11.5. The molecule has 0 fully saturated rings. The molecule has 0 aliphatic carbocycles. The topological polar surface area (TPSA) is 75.5 Å². The number of halogens is 1. The smallest absolute Gasteiger partial charge is 0.244 e. The highest BCUT2D eigenvalue weighted by molar-refractivity contribution is 6.01. The van der Waals surface area contributed by atoms with Crippen molar-refractivity contribution >= 4 is 45.4 Å². The largest absolute Gasteiger partial charge is 0.337 e. The van der Waals surface area contributed by atoms with Gasteiger partial charge < -0.3 is 9.88 Å². The van der Waals surface area contributed by atoms with E-state index in [-0.39, 0.29) is 30.6 Å². The first-order valence-electron chi connectivity index (χ1n) is 11.5. The van der Waals surface area contributed by atoms with Crippen molar-refractivity contribution in [3.8, 4) is 0 Å². The summed E-state index contributed by atoms with van der Waals surface area (Å²) in [6, 6.07) is 27.1. The lowest BCUT2D eigenvalue weighted by Crippen LogP contribution is -2.20. The van der Waals surface area contributed by atoms with Gasteiger partial charge in [-0.3, -0.25) is 9.59 Å². The summed E-state index contributed by atoms with van der Waals surface area (Å²) in [6.07, 6.45) is 3.61. The van der Waals surface area contributed by atoms with Crippen molar-refractivity contribution in [3.05, 3.63) is 114 Å². The number of amides is 2. The number of hydrogen-bond donors (Lipinski definition) is 2. The van der Waals surface area contributed by atoms with E-state index in [1.54, 1.807) is 6.21 Å². The number of hydrazone groups is 1. The Balaban J connectivity index is 1.28. The van der Waals surface area contributed by atoms with Gasteiger partial charge >= 0.3 is 0 Å². The Kier molecular flexibility index (Phi) is 6.53. The van der Waals surface area contributed by atoms with E-state index < -0.39 is 0 Å². The van der Waals surface area contributed by atoms with Crippen LogP contribution in [0.1, 0.15) is 11.1 Å². The highest BCUT2D eigenvalue weighted by Gasteiger charge is 2.11. The summed E-state index contributed by atoms with van der Waals surface area (Å²) in [5.41, 5.74) is 5.69. The molecule has 0 aliphatic rings. The third-order valence-electron chi connectivity index (χ3n) is 5.89. The van der Waals surface area contributed by atoms with Crippen molar-refractivity contribution in [2.75, 3.05) is 5.32 Å². The third-order valence-corrected chi connectivity index (χ3v) is 5.89. The van der Waals surface area contributed by atoms with Gasteiger partial charge in [0.2, 0.25) is 11.8 Å². The third kappa shape index (κ3) is 5.15. The Morgan fingerprint density at radius 3 is 2.39 bits per heavy atom. The second kappa shape index (κ2) is 10.2. The van der Waals surface area contributed by atoms with Crippen LogP contribution in [-0.2, 0) is 22.6 Å². The fourth-order valence-electron chi connectivity index (χ4n) is 4.23. The summed E-state index contributed by atoms with van der Waals surface area (Å²) < 4.78 is 14.9. The van der Waals surface area contributed by atoms with E-state index in [0.717, 1.165) is 32.8 Å². The number of fused-ring (bicyclic) bond motifs is 2. The highest BCUT2D eigenvalue weighted by atomic mass is 19.1. The first kappa shape index (κ1) is 23.0. The Morgan fingerprint density at radius 2 is 1.56 bits per heavy atom. The van der Waals surface area contributed by atoms with Crippen LogP contribution in [0.5, 0.6) is 0 Å². The fraction of sp³-hybridized carbons (Fsp3) is 0.0690. The van der Waals surface area contributed by atoms with Gasteiger partial charge in [0.25, 0.3) is 0 Å². The molecule has 0 unspecified atom stereocenters. The maximum atomic E-state index is 13.1. The van der Waals surface area contributed by atoms with E-state index in [9.17, 15) is 14.0 Å².